The second kappa shape index (κ2) is 9.75. The van der Waals surface area contributed by atoms with Gasteiger partial charge in [-0.15, -0.1) is 0 Å². The van der Waals surface area contributed by atoms with Crippen LogP contribution in [0.2, 0.25) is 0 Å². The Hall–Kier alpha value is -3.18. The molecule has 5 heteroatoms. The van der Waals surface area contributed by atoms with Crippen molar-refractivity contribution < 1.29 is 14.3 Å². The standard InChI is InChI=1S/C26H28N2O3/c1-30-24-12-3-2-11-23(24)21-9-6-8-20(18-21)19-26(14-7-17-31-26)25(29)28-16-13-22-10-4-5-15-27-22/h2-6,8-12,15,18H,7,13-14,16-17,19H2,1H3,(H,28,29)/t26-/m0/s1. The van der Waals surface area contributed by atoms with Crippen molar-refractivity contribution in [1.29, 1.82) is 0 Å². The van der Waals surface area contributed by atoms with E-state index in [0.717, 1.165) is 41.0 Å². The molecule has 0 radical (unpaired) electrons. The van der Waals surface area contributed by atoms with Gasteiger partial charge in [-0.3, -0.25) is 9.78 Å². The van der Waals surface area contributed by atoms with Gasteiger partial charge in [-0.2, -0.15) is 0 Å². The Morgan fingerprint density at radius 3 is 2.77 bits per heavy atom. The molecule has 1 saturated heterocycles. The first-order valence-corrected chi connectivity index (χ1v) is 10.7. The van der Waals surface area contributed by atoms with Gasteiger partial charge in [0.15, 0.2) is 5.60 Å². The van der Waals surface area contributed by atoms with E-state index in [9.17, 15) is 4.79 Å². The predicted molar refractivity (Wildman–Crippen MR) is 121 cm³/mol. The van der Waals surface area contributed by atoms with Crippen LogP contribution in [0.3, 0.4) is 0 Å². The van der Waals surface area contributed by atoms with Crippen LogP contribution in [0, 0.1) is 0 Å². The molecule has 0 aliphatic carbocycles. The quantitative estimate of drug-likeness (QED) is 0.598. The number of ether oxygens (including phenoxy) is 2. The zero-order chi connectivity index (χ0) is 21.5. The zero-order valence-corrected chi connectivity index (χ0v) is 17.8. The lowest BCUT2D eigenvalue weighted by Gasteiger charge is -2.27. The monoisotopic (exact) mass is 416 g/mol. The summed E-state index contributed by atoms with van der Waals surface area (Å²) >= 11 is 0. The van der Waals surface area contributed by atoms with E-state index in [-0.39, 0.29) is 5.91 Å². The number of nitrogens with zero attached hydrogens (tertiary/aromatic N) is 1. The van der Waals surface area contributed by atoms with Gasteiger partial charge in [0.1, 0.15) is 5.75 Å². The number of para-hydroxylation sites is 1. The highest BCUT2D eigenvalue weighted by atomic mass is 16.5. The van der Waals surface area contributed by atoms with Gasteiger partial charge in [0.05, 0.1) is 7.11 Å². The van der Waals surface area contributed by atoms with Crippen molar-refractivity contribution in [1.82, 2.24) is 10.3 Å². The molecule has 0 spiro atoms. The number of benzene rings is 2. The van der Waals surface area contributed by atoms with Crippen LogP contribution in [0.1, 0.15) is 24.1 Å². The van der Waals surface area contributed by atoms with Crippen LogP contribution in [-0.4, -0.2) is 36.8 Å². The summed E-state index contributed by atoms with van der Waals surface area (Å²) in [7, 11) is 1.68. The van der Waals surface area contributed by atoms with Crippen LogP contribution in [0.5, 0.6) is 5.75 Å². The van der Waals surface area contributed by atoms with E-state index in [1.807, 2.05) is 48.5 Å². The highest BCUT2D eigenvalue weighted by Crippen LogP contribution is 2.33. The molecule has 0 saturated carbocycles. The fourth-order valence-electron chi connectivity index (χ4n) is 4.17. The maximum Gasteiger partial charge on any atom is 0.252 e. The Balaban J connectivity index is 1.48. The fraction of sp³-hybridized carbons (Fsp3) is 0.308. The van der Waals surface area contributed by atoms with Gasteiger partial charge in [-0.05, 0) is 42.2 Å². The molecule has 1 aliphatic rings. The molecule has 0 bridgehead atoms. The maximum atomic E-state index is 13.1. The average Bonchev–Trinajstić information content (AvgIpc) is 3.29. The Labute approximate surface area is 183 Å². The number of methoxy groups -OCH3 is 1. The van der Waals surface area contributed by atoms with Crippen LogP contribution >= 0.6 is 0 Å². The molecular formula is C26H28N2O3. The van der Waals surface area contributed by atoms with Crippen LogP contribution in [0.25, 0.3) is 11.1 Å². The number of carbonyl (C=O) groups is 1. The van der Waals surface area contributed by atoms with Gasteiger partial charge < -0.3 is 14.8 Å². The van der Waals surface area contributed by atoms with Crippen LogP contribution in [0.4, 0.5) is 0 Å². The zero-order valence-electron chi connectivity index (χ0n) is 17.8. The number of pyridine rings is 1. The summed E-state index contributed by atoms with van der Waals surface area (Å²) in [6.07, 6.45) is 4.63. The molecule has 2 heterocycles. The number of hydrogen-bond acceptors (Lipinski definition) is 4. The molecule has 3 aromatic rings. The topological polar surface area (TPSA) is 60.5 Å². The van der Waals surface area contributed by atoms with E-state index in [2.05, 4.69) is 28.5 Å². The highest BCUT2D eigenvalue weighted by Gasteiger charge is 2.42. The third kappa shape index (κ3) is 4.94. The summed E-state index contributed by atoms with van der Waals surface area (Å²) in [6.45, 7) is 1.15. The first-order chi connectivity index (χ1) is 15.2. The lowest BCUT2D eigenvalue weighted by atomic mass is 9.89. The summed E-state index contributed by atoms with van der Waals surface area (Å²) in [5.41, 5.74) is 3.33. The fourth-order valence-corrected chi connectivity index (χ4v) is 4.17. The molecule has 1 atom stereocenters. The molecule has 5 nitrogen and oxygen atoms in total. The number of rotatable bonds is 8. The van der Waals surface area contributed by atoms with Crippen LogP contribution in [-0.2, 0) is 22.4 Å². The number of hydrogen-bond donors (Lipinski definition) is 1. The first-order valence-electron chi connectivity index (χ1n) is 10.7. The first kappa shape index (κ1) is 21.1. The molecule has 1 aromatic heterocycles. The van der Waals surface area contributed by atoms with E-state index in [1.54, 1.807) is 13.3 Å². The minimum Gasteiger partial charge on any atom is -0.496 e. The molecule has 0 unspecified atom stereocenters. The Bertz CT molecular complexity index is 1010. The van der Waals surface area contributed by atoms with Crippen molar-refractivity contribution in [3.63, 3.8) is 0 Å². The van der Waals surface area contributed by atoms with Crippen molar-refractivity contribution in [2.24, 2.45) is 0 Å². The van der Waals surface area contributed by atoms with Crippen molar-refractivity contribution in [3.05, 3.63) is 84.2 Å². The van der Waals surface area contributed by atoms with Crippen molar-refractivity contribution in [2.45, 2.75) is 31.3 Å². The number of nitrogens with one attached hydrogen (secondary N) is 1. The SMILES string of the molecule is COc1ccccc1-c1cccc(C[C@]2(C(=O)NCCc3ccccn3)CCCO2)c1. The molecule has 4 rings (SSSR count). The van der Waals surface area contributed by atoms with Crippen LogP contribution < -0.4 is 10.1 Å². The summed E-state index contributed by atoms with van der Waals surface area (Å²) in [6, 6.07) is 22.1. The van der Waals surface area contributed by atoms with Crippen molar-refractivity contribution in [2.75, 3.05) is 20.3 Å². The van der Waals surface area contributed by atoms with E-state index >= 15 is 0 Å². The normalized spacial score (nSPS) is 18.0. The molecule has 1 fully saturated rings. The van der Waals surface area contributed by atoms with Crippen LogP contribution in [0.15, 0.2) is 72.9 Å². The summed E-state index contributed by atoms with van der Waals surface area (Å²) in [5.74, 6) is 0.794. The molecule has 1 aliphatic heterocycles. The van der Waals surface area contributed by atoms with Crippen molar-refractivity contribution >= 4 is 5.91 Å². The summed E-state index contributed by atoms with van der Waals surface area (Å²) in [5, 5.41) is 3.07. The Kier molecular flexibility index (Phi) is 6.63. The van der Waals surface area contributed by atoms with Gasteiger partial charge in [0.25, 0.3) is 5.91 Å². The molecule has 1 amide bonds. The summed E-state index contributed by atoms with van der Waals surface area (Å²) < 4.78 is 11.6. The average molecular weight is 417 g/mol. The van der Waals surface area contributed by atoms with E-state index < -0.39 is 5.60 Å². The third-order valence-electron chi connectivity index (χ3n) is 5.74. The minimum absolute atomic E-state index is 0.0383. The Morgan fingerprint density at radius 1 is 1.13 bits per heavy atom. The minimum atomic E-state index is -0.816. The molecule has 160 valence electrons. The maximum absolute atomic E-state index is 13.1. The van der Waals surface area contributed by atoms with Gasteiger partial charge in [0.2, 0.25) is 0 Å². The Morgan fingerprint density at radius 2 is 2.00 bits per heavy atom. The largest absolute Gasteiger partial charge is 0.496 e. The smallest absolute Gasteiger partial charge is 0.252 e. The van der Waals surface area contributed by atoms with E-state index in [0.29, 0.717) is 26.0 Å². The molecular weight excluding hydrogens is 388 g/mol. The lowest BCUT2D eigenvalue weighted by Crippen LogP contribution is -2.48. The van der Waals surface area contributed by atoms with Gasteiger partial charge in [-0.25, -0.2) is 0 Å². The summed E-state index contributed by atoms with van der Waals surface area (Å²) in [4.78, 5) is 17.5. The molecule has 2 aromatic carbocycles. The predicted octanol–water partition coefficient (Wildman–Crippen LogP) is 4.21. The second-order valence-electron chi connectivity index (χ2n) is 7.85. The number of aromatic nitrogens is 1. The van der Waals surface area contributed by atoms with Gasteiger partial charge >= 0.3 is 0 Å². The van der Waals surface area contributed by atoms with E-state index in [1.165, 1.54) is 0 Å². The highest BCUT2D eigenvalue weighted by molar-refractivity contribution is 5.86. The van der Waals surface area contributed by atoms with Gasteiger partial charge in [0, 0.05) is 43.4 Å². The number of carbonyl (C=O) groups excluding carboxylic acids is 1. The van der Waals surface area contributed by atoms with E-state index in [4.69, 9.17) is 9.47 Å². The molecule has 1 N–H and O–H groups in total. The lowest BCUT2D eigenvalue weighted by molar-refractivity contribution is -0.141. The van der Waals surface area contributed by atoms with Gasteiger partial charge in [-0.1, -0.05) is 48.5 Å². The molecule has 31 heavy (non-hydrogen) atoms. The van der Waals surface area contributed by atoms with Crippen molar-refractivity contribution in [3.8, 4) is 16.9 Å². The third-order valence-corrected chi connectivity index (χ3v) is 5.74. The second-order valence-corrected chi connectivity index (χ2v) is 7.85. The number of amides is 1.